The lowest BCUT2D eigenvalue weighted by atomic mass is 10.2. The van der Waals surface area contributed by atoms with Gasteiger partial charge in [0, 0.05) is 11.8 Å². The SMILES string of the molecule is CC(C)O.CCOc1ccc(NC(c2ccc(F)cc2)P(=O)(O)O)cc1. The Morgan fingerprint density at radius 3 is 2.00 bits per heavy atom. The maximum atomic E-state index is 13.0. The molecule has 2 aromatic carbocycles. The fourth-order valence-corrected chi connectivity index (χ4v) is 2.86. The number of nitrogens with one attached hydrogen (secondary N) is 1. The van der Waals surface area contributed by atoms with Crippen molar-refractivity contribution in [2.45, 2.75) is 32.7 Å². The molecule has 6 nitrogen and oxygen atoms in total. The first kappa shape index (κ1) is 22.1. The fourth-order valence-electron chi connectivity index (χ4n) is 1.98. The van der Waals surface area contributed by atoms with Crippen LogP contribution in [-0.2, 0) is 4.57 Å². The third-order valence-electron chi connectivity index (χ3n) is 2.99. The van der Waals surface area contributed by atoms with E-state index in [4.69, 9.17) is 9.84 Å². The Balaban J connectivity index is 0.000000765. The maximum absolute atomic E-state index is 13.0. The van der Waals surface area contributed by atoms with Crippen molar-refractivity contribution in [2.24, 2.45) is 0 Å². The van der Waals surface area contributed by atoms with Crippen LogP contribution in [0.5, 0.6) is 5.75 Å². The van der Waals surface area contributed by atoms with E-state index in [0.717, 1.165) is 12.1 Å². The predicted octanol–water partition coefficient (Wildman–Crippen LogP) is 3.90. The van der Waals surface area contributed by atoms with Crippen molar-refractivity contribution in [3.05, 3.63) is 59.9 Å². The van der Waals surface area contributed by atoms with Gasteiger partial charge in [-0.25, -0.2) is 4.39 Å². The van der Waals surface area contributed by atoms with E-state index in [-0.39, 0.29) is 6.10 Å². The molecule has 4 N–H and O–H groups in total. The Morgan fingerprint density at radius 1 is 1.08 bits per heavy atom. The van der Waals surface area contributed by atoms with Crippen LogP contribution in [0.25, 0.3) is 0 Å². The average Bonchev–Trinajstić information content (AvgIpc) is 2.54. The van der Waals surface area contributed by atoms with Crippen molar-refractivity contribution in [3.8, 4) is 5.75 Å². The molecule has 144 valence electrons. The van der Waals surface area contributed by atoms with Crippen molar-refractivity contribution < 1.29 is 28.6 Å². The van der Waals surface area contributed by atoms with Gasteiger partial charge >= 0.3 is 7.60 Å². The highest BCUT2D eigenvalue weighted by atomic mass is 31.2. The summed E-state index contributed by atoms with van der Waals surface area (Å²) in [6.45, 7) is 5.85. The van der Waals surface area contributed by atoms with E-state index in [1.165, 1.54) is 12.1 Å². The molecule has 0 aliphatic rings. The fraction of sp³-hybridized carbons (Fsp3) is 0.333. The number of halogens is 1. The summed E-state index contributed by atoms with van der Waals surface area (Å²) in [5, 5.41) is 10.8. The minimum Gasteiger partial charge on any atom is -0.494 e. The monoisotopic (exact) mass is 385 g/mol. The molecule has 0 spiro atoms. The second kappa shape index (κ2) is 10.3. The van der Waals surface area contributed by atoms with E-state index >= 15 is 0 Å². The second-order valence-electron chi connectivity index (χ2n) is 5.74. The van der Waals surface area contributed by atoms with Crippen molar-refractivity contribution >= 4 is 13.3 Å². The molecule has 0 saturated heterocycles. The van der Waals surface area contributed by atoms with Gasteiger partial charge in [-0.15, -0.1) is 0 Å². The van der Waals surface area contributed by atoms with E-state index in [0.29, 0.717) is 23.6 Å². The zero-order valence-electron chi connectivity index (χ0n) is 15.0. The molecule has 0 heterocycles. The summed E-state index contributed by atoms with van der Waals surface area (Å²) < 4.78 is 30.0. The first-order chi connectivity index (χ1) is 12.1. The van der Waals surface area contributed by atoms with Gasteiger partial charge in [-0.3, -0.25) is 4.57 Å². The highest BCUT2D eigenvalue weighted by Crippen LogP contribution is 2.51. The minimum atomic E-state index is -4.47. The quantitative estimate of drug-likeness (QED) is 0.563. The molecule has 1 unspecified atom stereocenters. The predicted molar refractivity (Wildman–Crippen MR) is 99.8 cm³/mol. The summed E-state index contributed by atoms with van der Waals surface area (Å²) in [4.78, 5) is 19.1. The molecular formula is C18H25FNO5P. The molecule has 0 aliphatic carbocycles. The molecule has 0 aromatic heterocycles. The third kappa shape index (κ3) is 7.97. The van der Waals surface area contributed by atoms with Crippen LogP contribution in [0.2, 0.25) is 0 Å². The second-order valence-corrected chi connectivity index (χ2v) is 7.43. The van der Waals surface area contributed by atoms with Gasteiger partial charge in [0.25, 0.3) is 0 Å². The maximum Gasteiger partial charge on any atom is 0.352 e. The lowest BCUT2D eigenvalue weighted by molar-refractivity contribution is 0.216. The third-order valence-corrected chi connectivity index (χ3v) is 4.09. The van der Waals surface area contributed by atoms with Crippen LogP contribution in [0.15, 0.2) is 48.5 Å². The van der Waals surface area contributed by atoms with Crippen LogP contribution in [0.4, 0.5) is 10.1 Å². The van der Waals surface area contributed by atoms with Gasteiger partial charge in [0.2, 0.25) is 0 Å². The Morgan fingerprint density at radius 2 is 1.58 bits per heavy atom. The van der Waals surface area contributed by atoms with Gasteiger partial charge in [-0.05, 0) is 62.7 Å². The van der Waals surface area contributed by atoms with Gasteiger partial charge in [0.1, 0.15) is 11.6 Å². The molecular weight excluding hydrogens is 360 g/mol. The molecule has 1 atom stereocenters. The molecule has 0 fully saturated rings. The number of aliphatic hydroxyl groups is 1. The molecule has 8 heteroatoms. The molecule has 0 saturated carbocycles. The van der Waals surface area contributed by atoms with Crippen LogP contribution in [0.1, 0.15) is 32.1 Å². The first-order valence-electron chi connectivity index (χ1n) is 8.11. The molecule has 0 amide bonds. The largest absolute Gasteiger partial charge is 0.494 e. The molecule has 0 bridgehead atoms. The number of ether oxygens (including phenoxy) is 1. The number of benzene rings is 2. The van der Waals surface area contributed by atoms with Gasteiger partial charge in [0.15, 0.2) is 5.78 Å². The van der Waals surface area contributed by atoms with E-state index in [2.05, 4.69) is 5.32 Å². The number of anilines is 1. The number of hydrogen-bond acceptors (Lipinski definition) is 4. The zero-order valence-corrected chi connectivity index (χ0v) is 15.9. The summed E-state index contributed by atoms with van der Waals surface area (Å²) in [5.74, 6) is -1.04. The van der Waals surface area contributed by atoms with E-state index < -0.39 is 19.2 Å². The Bertz CT molecular complexity index is 698. The Kier molecular flexibility index (Phi) is 8.75. The van der Waals surface area contributed by atoms with E-state index in [1.54, 1.807) is 38.1 Å². The number of hydrogen-bond donors (Lipinski definition) is 4. The summed E-state index contributed by atoms with van der Waals surface area (Å²) in [6.07, 6.45) is -0.167. The normalized spacial score (nSPS) is 12.2. The van der Waals surface area contributed by atoms with Crippen molar-refractivity contribution in [1.29, 1.82) is 0 Å². The van der Waals surface area contributed by atoms with Gasteiger partial charge in [-0.2, -0.15) is 0 Å². The minimum absolute atomic E-state index is 0.167. The summed E-state index contributed by atoms with van der Waals surface area (Å²) in [6, 6.07) is 11.8. The number of aliphatic hydroxyl groups excluding tert-OH is 1. The lowest BCUT2D eigenvalue weighted by Gasteiger charge is -2.21. The summed E-state index contributed by atoms with van der Waals surface area (Å²) >= 11 is 0. The van der Waals surface area contributed by atoms with Crippen molar-refractivity contribution in [1.82, 2.24) is 0 Å². The Hall–Kier alpha value is -1.92. The van der Waals surface area contributed by atoms with Crippen molar-refractivity contribution in [2.75, 3.05) is 11.9 Å². The van der Waals surface area contributed by atoms with Crippen LogP contribution in [0.3, 0.4) is 0 Å². The molecule has 26 heavy (non-hydrogen) atoms. The zero-order chi connectivity index (χ0) is 19.7. The van der Waals surface area contributed by atoms with Crippen LogP contribution >= 0.6 is 7.60 Å². The van der Waals surface area contributed by atoms with Gasteiger partial charge in [0.05, 0.1) is 6.61 Å². The first-order valence-corrected chi connectivity index (χ1v) is 9.79. The smallest absolute Gasteiger partial charge is 0.352 e. The highest BCUT2D eigenvalue weighted by molar-refractivity contribution is 7.52. The Labute approximate surface area is 152 Å². The molecule has 2 aromatic rings. The van der Waals surface area contributed by atoms with Gasteiger partial charge in [-0.1, -0.05) is 12.1 Å². The van der Waals surface area contributed by atoms with Crippen molar-refractivity contribution in [3.63, 3.8) is 0 Å². The molecule has 0 aliphatic heterocycles. The summed E-state index contributed by atoms with van der Waals surface area (Å²) in [7, 11) is -4.47. The summed E-state index contributed by atoms with van der Waals surface area (Å²) in [5.41, 5.74) is 0.838. The topological polar surface area (TPSA) is 99.0 Å². The van der Waals surface area contributed by atoms with Crippen LogP contribution < -0.4 is 10.1 Å². The van der Waals surface area contributed by atoms with Crippen LogP contribution in [-0.4, -0.2) is 27.6 Å². The number of rotatable bonds is 6. The van der Waals surface area contributed by atoms with E-state index in [1.807, 2.05) is 6.92 Å². The lowest BCUT2D eigenvalue weighted by Crippen LogP contribution is -2.11. The highest BCUT2D eigenvalue weighted by Gasteiger charge is 2.30. The molecule has 0 radical (unpaired) electrons. The van der Waals surface area contributed by atoms with E-state index in [9.17, 15) is 18.7 Å². The standard InChI is InChI=1S/C15H17FNO4P.C3H8O/c1-2-21-14-9-7-13(8-10-14)17-15(22(18,19)20)11-3-5-12(16)6-4-11;1-3(2)4/h3-10,15,17H,2H2,1H3,(H2,18,19,20);3-4H,1-2H3. The molecule has 2 rings (SSSR count). The van der Waals surface area contributed by atoms with Gasteiger partial charge < -0.3 is 24.9 Å². The van der Waals surface area contributed by atoms with Crippen LogP contribution in [0, 0.1) is 5.82 Å². The average molecular weight is 385 g/mol.